The van der Waals surface area contributed by atoms with E-state index >= 15 is 0 Å². The SMILES string of the molecule is CCCN1C(=O)S/C(=C\c2ccc(OCc3ccccc3)cc2)C1=O. The van der Waals surface area contributed by atoms with Crippen molar-refractivity contribution in [1.82, 2.24) is 4.90 Å². The first-order chi connectivity index (χ1) is 12.2. The van der Waals surface area contributed by atoms with Crippen LogP contribution < -0.4 is 4.74 Å². The Balaban J connectivity index is 1.64. The zero-order valence-corrected chi connectivity index (χ0v) is 14.8. The van der Waals surface area contributed by atoms with Crippen LogP contribution in [0.5, 0.6) is 5.75 Å². The third-order valence-corrected chi connectivity index (χ3v) is 4.65. The monoisotopic (exact) mass is 353 g/mol. The van der Waals surface area contributed by atoms with E-state index in [2.05, 4.69) is 0 Å². The van der Waals surface area contributed by atoms with Crippen molar-refractivity contribution in [3.8, 4) is 5.75 Å². The van der Waals surface area contributed by atoms with Crippen LogP contribution >= 0.6 is 11.8 Å². The molecule has 1 saturated heterocycles. The first kappa shape index (κ1) is 17.3. The number of amides is 2. The molecule has 0 radical (unpaired) electrons. The van der Waals surface area contributed by atoms with E-state index in [0.29, 0.717) is 18.1 Å². The lowest BCUT2D eigenvalue weighted by Crippen LogP contribution is -2.28. The van der Waals surface area contributed by atoms with Crippen molar-refractivity contribution in [1.29, 1.82) is 0 Å². The fraction of sp³-hybridized carbons (Fsp3) is 0.200. The molecule has 0 saturated carbocycles. The number of rotatable bonds is 6. The molecular weight excluding hydrogens is 334 g/mol. The molecule has 0 aromatic heterocycles. The van der Waals surface area contributed by atoms with Gasteiger partial charge in [-0.25, -0.2) is 0 Å². The summed E-state index contributed by atoms with van der Waals surface area (Å²) in [6.45, 7) is 2.92. The Morgan fingerprint density at radius 3 is 2.44 bits per heavy atom. The molecule has 1 heterocycles. The lowest BCUT2D eigenvalue weighted by molar-refractivity contribution is -0.122. The van der Waals surface area contributed by atoms with Gasteiger partial charge in [-0.1, -0.05) is 49.4 Å². The molecule has 1 aliphatic heterocycles. The Labute approximate surface area is 151 Å². The second-order valence-corrected chi connectivity index (χ2v) is 6.67. The lowest BCUT2D eigenvalue weighted by atomic mass is 10.2. The summed E-state index contributed by atoms with van der Waals surface area (Å²) in [4.78, 5) is 25.9. The van der Waals surface area contributed by atoms with Crippen LogP contribution in [0.25, 0.3) is 6.08 Å². The van der Waals surface area contributed by atoms with Crippen LogP contribution in [0.1, 0.15) is 24.5 Å². The number of carbonyl (C=O) groups is 2. The van der Waals surface area contributed by atoms with E-state index in [-0.39, 0.29) is 11.1 Å². The van der Waals surface area contributed by atoms with Crippen LogP contribution in [0.4, 0.5) is 4.79 Å². The predicted octanol–water partition coefficient (Wildman–Crippen LogP) is 4.71. The minimum atomic E-state index is -0.207. The Bertz CT molecular complexity index is 784. The van der Waals surface area contributed by atoms with Gasteiger partial charge in [-0.3, -0.25) is 14.5 Å². The first-order valence-corrected chi connectivity index (χ1v) is 9.01. The molecule has 0 atom stereocenters. The summed E-state index contributed by atoms with van der Waals surface area (Å²) in [5, 5.41) is -0.194. The highest BCUT2D eigenvalue weighted by Crippen LogP contribution is 2.32. The van der Waals surface area contributed by atoms with Crippen LogP contribution in [0.2, 0.25) is 0 Å². The molecule has 4 nitrogen and oxygen atoms in total. The average molecular weight is 353 g/mol. The van der Waals surface area contributed by atoms with E-state index in [1.54, 1.807) is 6.08 Å². The molecule has 0 unspecified atom stereocenters. The summed E-state index contributed by atoms with van der Waals surface area (Å²) < 4.78 is 5.75. The largest absolute Gasteiger partial charge is 0.489 e. The molecule has 5 heteroatoms. The van der Waals surface area contributed by atoms with E-state index < -0.39 is 0 Å². The Morgan fingerprint density at radius 2 is 1.76 bits per heavy atom. The minimum Gasteiger partial charge on any atom is -0.489 e. The Hall–Kier alpha value is -2.53. The fourth-order valence-corrected chi connectivity index (χ4v) is 3.33. The van der Waals surface area contributed by atoms with Gasteiger partial charge in [0.1, 0.15) is 12.4 Å². The predicted molar refractivity (Wildman–Crippen MR) is 100 cm³/mol. The van der Waals surface area contributed by atoms with Gasteiger partial charge in [-0.15, -0.1) is 0 Å². The molecule has 0 bridgehead atoms. The number of thioether (sulfide) groups is 1. The summed E-state index contributed by atoms with van der Waals surface area (Å²) >= 11 is 0.996. The van der Waals surface area contributed by atoms with E-state index in [1.807, 2.05) is 61.5 Å². The summed E-state index contributed by atoms with van der Waals surface area (Å²) in [5.41, 5.74) is 1.98. The van der Waals surface area contributed by atoms with Gasteiger partial charge < -0.3 is 4.74 Å². The summed E-state index contributed by atoms with van der Waals surface area (Å²) in [6.07, 6.45) is 2.51. The van der Waals surface area contributed by atoms with Crippen molar-refractivity contribution in [3.05, 3.63) is 70.6 Å². The number of nitrogens with zero attached hydrogens (tertiary/aromatic N) is 1. The van der Waals surface area contributed by atoms with E-state index in [4.69, 9.17) is 4.74 Å². The normalized spacial score (nSPS) is 15.9. The van der Waals surface area contributed by atoms with Gasteiger partial charge in [-0.2, -0.15) is 0 Å². The molecule has 25 heavy (non-hydrogen) atoms. The molecule has 0 spiro atoms. The lowest BCUT2D eigenvalue weighted by Gasteiger charge is -2.09. The van der Waals surface area contributed by atoms with E-state index in [0.717, 1.165) is 35.1 Å². The summed E-state index contributed by atoms with van der Waals surface area (Å²) in [7, 11) is 0. The third kappa shape index (κ3) is 4.31. The molecule has 0 N–H and O–H groups in total. The summed E-state index contributed by atoms with van der Waals surface area (Å²) in [5.74, 6) is 0.557. The van der Waals surface area contributed by atoms with Crippen molar-refractivity contribution in [2.45, 2.75) is 20.0 Å². The average Bonchev–Trinajstić information content (AvgIpc) is 2.90. The van der Waals surface area contributed by atoms with Crippen LogP contribution in [0.15, 0.2) is 59.5 Å². The van der Waals surface area contributed by atoms with E-state index in [1.165, 1.54) is 4.90 Å². The number of ether oxygens (including phenoxy) is 1. The zero-order valence-electron chi connectivity index (χ0n) is 14.0. The maximum absolute atomic E-state index is 12.2. The third-order valence-electron chi connectivity index (χ3n) is 3.75. The van der Waals surface area contributed by atoms with Crippen molar-refractivity contribution < 1.29 is 14.3 Å². The van der Waals surface area contributed by atoms with Gasteiger partial charge in [0.05, 0.1) is 4.91 Å². The number of carbonyl (C=O) groups excluding carboxylic acids is 2. The topological polar surface area (TPSA) is 46.6 Å². The highest BCUT2D eigenvalue weighted by Gasteiger charge is 2.34. The van der Waals surface area contributed by atoms with Gasteiger partial charge in [0.15, 0.2) is 0 Å². The molecule has 2 amide bonds. The number of benzene rings is 2. The van der Waals surface area contributed by atoms with Gasteiger partial charge >= 0.3 is 0 Å². The molecule has 128 valence electrons. The zero-order chi connectivity index (χ0) is 17.6. The van der Waals surface area contributed by atoms with Crippen molar-refractivity contribution in [3.63, 3.8) is 0 Å². The molecule has 1 fully saturated rings. The minimum absolute atomic E-state index is 0.194. The quantitative estimate of drug-likeness (QED) is 0.706. The fourth-order valence-electron chi connectivity index (χ4n) is 2.47. The second kappa shape index (κ2) is 8.03. The smallest absolute Gasteiger partial charge is 0.293 e. The highest BCUT2D eigenvalue weighted by molar-refractivity contribution is 8.18. The molecular formula is C20H19NO3S. The van der Waals surface area contributed by atoms with Gasteiger partial charge in [0.2, 0.25) is 0 Å². The molecule has 0 aliphatic carbocycles. The van der Waals surface area contributed by atoms with Crippen LogP contribution in [-0.4, -0.2) is 22.6 Å². The van der Waals surface area contributed by atoms with Gasteiger partial charge in [0.25, 0.3) is 11.1 Å². The van der Waals surface area contributed by atoms with Crippen molar-refractivity contribution >= 4 is 29.0 Å². The van der Waals surface area contributed by atoms with Crippen molar-refractivity contribution in [2.75, 3.05) is 6.54 Å². The van der Waals surface area contributed by atoms with Crippen molar-refractivity contribution in [2.24, 2.45) is 0 Å². The molecule has 1 aliphatic rings. The highest BCUT2D eigenvalue weighted by atomic mass is 32.2. The van der Waals surface area contributed by atoms with Crippen LogP contribution in [0, 0.1) is 0 Å². The second-order valence-electron chi connectivity index (χ2n) is 5.68. The number of hydrogen-bond donors (Lipinski definition) is 0. The van der Waals surface area contributed by atoms with Gasteiger partial charge in [0, 0.05) is 6.54 Å². The van der Waals surface area contributed by atoms with Crippen LogP contribution in [0.3, 0.4) is 0 Å². The summed E-state index contributed by atoms with van der Waals surface area (Å²) in [6, 6.07) is 17.5. The molecule has 2 aromatic rings. The Kier molecular flexibility index (Phi) is 5.56. The molecule has 2 aromatic carbocycles. The van der Waals surface area contributed by atoms with E-state index in [9.17, 15) is 9.59 Å². The number of imide groups is 1. The van der Waals surface area contributed by atoms with Gasteiger partial charge in [-0.05, 0) is 47.5 Å². The standard InChI is InChI=1S/C20H19NO3S/c1-2-12-21-19(22)18(25-20(21)23)13-15-8-10-17(11-9-15)24-14-16-6-4-3-5-7-16/h3-11,13H,2,12,14H2,1H3/b18-13-. The first-order valence-electron chi connectivity index (χ1n) is 8.19. The number of hydrogen-bond acceptors (Lipinski definition) is 4. The Morgan fingerprint density at radius 1 is 1.04 bits per heavy atom. The maximum Gasteiger partial charge on any atom is 0.293 e. The molecule has 3 rings (SSSR count). The maximum atomic E-state index is 12.2. The van der Waals surface area contributed by atoms with Crippen LogP contribution in [-0.2, 0) is 11.4 Å².